The Kier molecular flexibility index (Phi) is 4.88. The van der Waals surface area contributed by atoms with Gasteiger partial charge in [0.1, 0.15) is 0 Å². The second-order valence-electron chi connectivity index (χ2n) is 5.71. The molecule has 0 saturated heterocycles. The fraction of sp³-hybridized carbons (Fsp3) is 0.263. The van der Waals surface area contributed by atoms with Crippen LogP contribution >= 0.6 is 0 Å². The number of carbonyl (C=O) groups is 2. The Balaban J connectivity index is 1.62. The van der Waals surface area contributed by atoms with E-state index in [2.05, 4.69) is 5.32 Å². The molecule has 1 aliphatic rings. The molecule has 130 valence electrons. The van der Waals surface area contributed by atoms with Gasteiger partial charge in [-0.3, -0.25) is 4.79 Å². The lowest BCUT2D eigenvalue weighted by molar-refractivity contribution is -0.116. The number of carbonyl (C=O) groups excluding carboxylic acids is 2. The van der Waals surface area contributed by atoms with E-state index >= 15 is 0 Å². The maximum atomic E-state index is 12.2. The molecule has 0 atom stereocenters. The van der Waals surface area contributed by atoms with Crippen molar-refractivity contribution in [2.24, 2.45) is 0 Å². The largest absolute Gasteiger partial charge is 0.465 e. The molecule has 1 amide bonds. The van der Waals surface area contributed by atoms with E-state index in [1.54, 1.807) is 25.1 Å². The number of nitrogens with one attached hydrogen (secondary N) is 1. The Morgan fingerprint density at radius 1 is 1.16 bits per heavy atom. The van der Waals surface area contributed by atoms with E-state index in [4.69, 9.17) is 14.2 Å². The number of rotatable bonds is 5. The number of fused-ring (bicyclic) bond motifs is 1. The van der Waals surface area contributed by atoms with Gasteiger partial charge in [-0.25, -0.2) is 4.79 Å². The van der Waals surface area contributed by atoms with Crippen LogP contribution in [0.4, 0.5) is 5.69 Å². The SMILES string of the molecule is COC(=O)c1cccc(NC(=O)CCc2ccc3c(c2)OCO3)c1C. The summed E-state index contributed by atoms with van der Waals surface area (Å²) in [6.45, 7) is 2.01. The Hall–Kier alpha value is -3.02. The molecule has 3 rings (SSSR count). The van der Waals surface area contributed by atoms with E-state index in [1.807, 2.05) is 18.2 Å². The molecular weight excluding hydrogens is 322 g/mol. The highest BCUT2D eigenvalue weighted by molar-refractivity contribution is 5.96. The lowest BCUT2D eigenvalue weighted by atomic mass is 10.1. The van der Waals surface area contributed by atoms with Gasteiger partial charge in [-0.15, -0.1) is 0 Å². The summed E-state index contributed by atoms with van der Waals surface area (Å²) in [7, 11) is 1.33. The van der Waals surface area contributed by atoms with Gasteiger partial charge in [0, 0.05) is 12.1 Å². The minimum absolute atomic E-state index is 0.122. The molecule has 6 nitrogen and oxygen atoms in total. The minimum Gasteiger partial charge on any atom is -0.465 e. The van der Waals surface area contributed by atoms with Crippen molar-refractivity contribution in [2.75, 3.05) is 19.2 Å². The second kappa shape index (κ2) is 7.25. The molecule has 0 spiro atoms. The highest BCUT2D eigenvalue weighted by Crippen LogP contribution is 2.32. The van der Waals surface area contributed by atoms with Crippen molar-refractivity contribution in [3.8, 4) is 11.5 Å². The zero-order chi connectivity index (χ0) is 17.8. The number of hydrogen-bond acceptors (Lipinski definition) is 5. The fourth-order valence-electron chi connectivity index (χ4n) is 2.67. The van der Waals surface area contributed by atoms with Crippen molar-refractivity contribution in [1.82, 2.24) is 0 Å². The summed E-state index contributed by atoms with van der Waals surface area (Å²) < 4.78 is 15.4. The number of amides is 1. The number of aryl methyl sites for hydroxylation is 1. The first kappa shape index (κ1) is 16.8. The van der Waals surface area contributed by atoms with Gasteiger partial charge in [-0.2, -0.15) is 0 Å². The standard InChI is InChI=1S/C19H19NO5/c1-12-14(19(22)23-2)4-3-5-15(12)20-18(21)9-7-13-6-8-16-17(10-13)25-11-24-16/h3-6,8,10H,7,9,11H2,1-2H3,(H,20,21). The van der Waals surface area contributed by atoms with Crippen molar-refractivity contribution in [1.29, 1.82) is 0 Å². The molecule has 1 N–H and O–H groups in total. The maximum absolute atomic E-state index is 12.2. The van der Waals surface area contributed by atoms with Crippen molar-refractivity contribution in [3.05, 3.63) is 53.1 Å². The summed E-state index contributed by atoms with van der Waals surface area (Å²) in [6, 6.07) is 10.8. The summed E-state index contributed by atoms with van der Waals surface area (Å²) in [5.74, 6) is 0.889. The number of methoxy groups -OCH3 is 1. The normalized spacial score (nSPS) is 11.9. The smallest absolute Gasteiger partial charge is 0.338 e. The zero-order valence-electron chi connectivity index (χ0n) is 14.1. The highest BCUT2D eigenvalue weighted by Gasteiger charge is 2.15. The first-order valence-electron chi connectivity index (χ1n) is 7.95. The fourth-order valence-corrected chi connectivity index (χ4v) is 2.67. The lowest BCUT2D eigenvalue weighted by Gasteiger charge is -2.11. The van der Waals surface area contributed by atoms with Crippen LogP contribution in [0.3, 0.4) is 0 Å². The quantitative estimate of drug-likeness (QED) is 0.846. The first-order valence-corrected chi connectivity index (χ1v) is 7.95. The van der Waals surface area contributed by atoms with Gasteiger partial charge in [0.05, 0.1) is 12.7 Å². The van der Waals surface area contributed by atoms with Crippen LogP contribution in [-0.2, 0) is 16.0 Å². The van der Waals surface area contributed by atoms with E-state index in [9.17, 15) is 9.59 Å². The molecule has 0 aromatic heterocycles. The number of esters is 1. The van der Waals surface area contributed by atoms with Crippen molar-refractivity contribution < 1.29 is 23.8 Å². The van der Waals surface area contributed by atoms with Gasteiger partial charge < -0.3 is 19.5 Å². The zero-order valence-corrected chi connectivity index (χ0v) is 14.1. The Labute approximate surface area is 145 Å². The Bertz CT molecular complexity index is 815. The van der Waals surface area contributed by atoms with Gasteiger partial charge in [0.2, 0.25) is 12.7 Å². The second-order valence-corrected chi connectivity index (χ2v) is 5.71. The average molecular weight is 341 g/mol. The molecule has 6 heteroatoms. The molecule has 0 radical (unpaired) electrons. The summed E-state index contributed by atoms with van der Waals surface area (Å²) in [5, 5.41) is 2.85. The Morgan fingerprint density at radius 3 is 2.76 bits per heavy atom. The van der Waals surface area contributed by atoms with Crippen LogP contribution in [0.25, 0.3) is 0 Å². The van der Waals surface area contributed by atoms with Crippen LogP contribution in [0.2, 0.25) is 0 Å². The Morgan fingerprint density at radius 2 is 1.96 bits per heavy atom. The minimum atomic E-state index is -0.422. The summed E-state index contributed by atoms with van der Waals surface area (Å²) in [5.41, 5.74) is 2.74. The monoisotopic (exact) mass is 341 g/mol. The third-order valence-electron chi connectivity index (χ3n) is 4.09. The van der Waals surface area contributed by atoms with Gasteiger partial charge in [-0.1, -0.05) is 12.1 Å². The molecular formula is C19H19NO5. The molecule has 2 aromatic rings. The van der Waals surface area contributed by atoms with Crippen LogP contribution in [0, 0.1) is 6.92 Å². The molecule has 2 aromatic carbocycles. The molecule has 1 heterocycles. The summed E-state index contributed by atoms with van der Waals surface area (Å²) >= 11 is 0. The van der Waals surface area contributed by atoms with E-state index in [-0.39, 0.29) is 12.7 Å². The van der Waals surface area contributed by atoms with Gasteiger partial charge in [0.25, 0.3) is 0 Å². The van der Waals surface area contributed by atoms with Crippen LogP contribution in [-0.4, -0.2) is 25.8 Å². The molecule has 25 heavy (non-hydrogen) atoms. The molecule has 0 unspecified atom stereocenters. The molecule has 0 saturated carbocycles. The predicted molar refractivity (Wildman–Crippen MR) is 92.0 cm³/mol. The van der Waals surface area contributed by atoms with E-state index in [0.717, 1.165) is 11.3 Å². The topological polar surface area (TPSA) is 73.9 Å². The number of benzene rings is 2. The van der Waals surface area contributed by atoms with Crippen LogP contribution in [0.1, 0.15) is 27.9 Å². The third-order valence-corrected chi connectivity index (χ3v) is 4.09. The van der Waals surface area contributed by atoms with Crippen molar-refractivity contribution in [2.45, 2.75) is 19.8 Å². The maximum Gasteiger partial charge on any atom is 0.338 e. The van der Waals surface area contributed by atoms with Crippen molar-refractivity contribution in [3.63, 3.8) is 0 Å². The molecule has 1 aliphatic heterocycles. The van der Waals surface area contributed by atoms with E-state index < -0.39 is 5.97 Å². The van der Waals surface area contributed by atoms with E-state index in [0.29, 0.717) is 35.4 Å². The summed E-state index contributed by atoms with van der Waals surface area (Å²) in [4.78, 5) is 24.0. The number of ether oxygens (including phenoxy) is 3. The number of hydrogen-bond donors (Lipinski definition) is 1. The third kappa shape index (κ3) is 3.74. The molecule has 0 bridgehead atoms. The van der Waals surface area contributed by atoms with Crippen molar-refractivity contribution >= 4 is 17.6 Å². The van der Waals surface area contributed by atoms with E-state index in [1.165, 1.54) is 7.11 Å². The predicted octanol–water partition coefficient (Wildman–Crippen LogP) is 3.08. The van der Waals surface area contributed by atoms with Crippen LogP contribution in [0.15, 0.2) is 36.4 Å². The molecule has 0 fully saturated rings. The highest BCUT2D eigenvalue weighted by atomic mass is 16.7. The van der Waals surface area contributed by atoms with Gasteiger partial charge in [-0.05, 0) is 48.7 Å². The molecule has 0 aliphatic carbocycles. The van der Waals surface area contributed by atoms with Crippen LogP contribution in [0.5, 0.6) is 11.5 Å². The lowest BCUT2D eigenvalue weighted by Crippen LogP contribution is -2.14. The first-order chi connectivity index (χ1) is 12.1. The van der Waals surface area contributed by atoms with Gasteiger partial charge in [0.15, 0.2) is 11.5 Å². The summed E-state index contributed by atoms with van der Waals surface area (Å²) in [6.07, 6.45) is 0.903. The number of anilines is 1. The average Bonchev–Trinajstić information content (AvgIpc) is 3.09. The van der Waals surface area contributed by atoms with Gasteiger partial charge >= 0.3 is 5.97 Å². The van der Waals surface area contributed by atoms with Crippen LogP contribution < -0.4 is 14.8 Å².